The van der Waals surface area contributed by atoms with Crippen molar-refractivity contribution in [2.75, 3.05) is 17.7 Å². The van der Waals surface area contributed by atoms with Crippen LogP contribution in [0, 0.1) is 34.1 Å². The molecule has 1 unspecified atom stereocenters. The van der Waals surface area contributed by atoms with Gasteiger partial charge in [-0.25, -0.2) is 0 Å². The molecular weight excluding hydrogens is 290 g/mol. The average Bonchev–Trinajstić information content (AvgIpc) is 2.37. The van der Waals surface area contributed by atoms with Gasteiger partial charge in [0.1, 0.15) is 11.3 Å². The van der Waals surface area contributed by atoms with Gasteiger partial charge in [0.15, 0.2) is 0 Å². The maximum absolute atomic E-state index is 11.1. The third-order valence-corrected chi connectivity index (χ3v) is 3.15. The number of hydrogen-bond acceptors (Lipinski definition) is 6. The highest BCUT2D eigenvalue weighted by atomic mass is 35.5. The minimum absolute atomic E-state index is 0.0163. The van der Waals surface area contributed by atoms with Gasteiger partial charge in [-0.15, -0.1) is 11.6 Å². The highest BCUT2D eigenvalue weighted by Crippen LogP contribution is 2.37. The van der Waals surface area contributed by atoms with Crippen LogP contribution in [0.4, 0.5) is 17.1 Å². The fourth-order valence-electron chi connectivity index (χ4n) is 1.80. The molecule has 0 spiro atoms. The number of anilines is 1. The number of benzene rings is 1. The topological polar surface area (TPSA) is 119 Å². The number of nitro groups is 2. The second kappa shape index (κ2) is 6.49. The number of aliphatic hydroxyl groups is 1. The van der Waals surface area contributed by atoms with Crippen molar-refractivity contribution in [1.29, 1.82) is 0 Å². The number of rotatable bonds is 6. The molecule has 1 rings (SSSR count). The molecule has 0 aliphatic carbocycles. The van der Waals surface area contributed by atoms with Gasteiger partial charge in [-0.3, -0.25) is 20.2 Å². The van der Waals surface area contributed by atoms with Crippen molar-refractivity contribution < 1.29 is 15.0 Å². The largest absolute Gasteiger partial charge is 0.390 e. The van der Waals surface area contributed by atoms with Crippen molar-refractivity contribution in [2.45, 2.75) is 20.0 Å². The van der Waals surface area contributed by atoms with Crippen LogP contribution in [-0.4, -0.2) is 33.5 Å². The minimum atomic E-state index is -0.869. The number of aliphatic hydroxyl groups excluding tert-OH is 1. The van der Waals surface area contributed by atoms with Gasteiger partial charge in [-0.2, -0.15) is 0 Å². The molecule has 0 heterocycles. The Labute approximate surface area is 119 Å². The molecule has 1 atom stereocenters. The van der Waals surface area contributed by atoms with Crippen LogP contribution >= 0.6 is 11.6 Å². The molecule has 0 fully saturated rings. The van der Waals surface area contributed by atoms with Gasteiger partial charge in [-0.1, -0.05) is 0 Å². The normalized spacial score (nSPS) is 12.0. The Hall–Kier alpha value is -1.93. The van der Waals surface area contributed by atoms with E-state index >= 15 is 0 Å². The molecule has 8 nitrogen and oxygen atoms in total. The zero-order chi connectivity index (χ0) is 15.4. The summed E-state index contributed by atoms with van der Waals surface area (Å²) in [5.41, 5.74) is -0.192. The van der Waals surface area contributed by atoms with Crippen molar-refractivity contribution >= 4 is 28.7 Å². The van der Waals surface area contributed by atoms with Gasteiger partial charge >= 0.3 is 5.69 Å². The summed E-state index contributed by atoms with van der Waals surface area (Å²) in [6, 6.07) is 1.26. The van der Waals surface area contributed by atoms with Crippen molar-refractivity contribution in [3.05, 3.63) is 37.4 Å². The molecule has 20 heavy (non-hydrogen) atoms. The van der Waals surface area contributed by atoms with E-state index in [1.807, 2.05) is 0 Å². The molecule has 0 saturated heterocycles. The zero-order valence-corrected chi connectivity index (χ0v) is 11.7. The monoisotopic (exact) mass is 303 g/mol. The molecule has 110 valence electrons. The Bertz CT molecular complexity index is 549. The lowest BCUT2D eigenvalue weighted by Gasteiger charge is -2.14. The number of alkyl halides is 1. The molecule has 9 heteroatoms. The Morgan fingerprint density at radius 2 is 1.95 bits per heavy atom. The van der Waals surface area contributed by atoms with Gasteiger partial charge in [0.2, 0.25) is 0 Å². The van der Waals surface area contributed by atoms with E-state index in [0.29, 0.717) is 5.56 Å². The van der Waals surface area contributed by atoms with Crippen molar-refractivity contribution in [2.24, 2.45) is 0 Å². The number of halogens is 1. The summed E-state index contributed by atoms with van der Waals surface area (Å²) in [4.78, 5) is 20.7. The minimum Gasteiger partial charge on any atom is -0.390 e. The summed E-state index contributed by atoms with van der Waals surface area (Å²) in [5, 5.41) is 34.1. The first-order chi connectivity index (χ1) is 9.29. The first-order valence-corrected chi connectivity index (χ1v) is 6.23. The molecule has 1 aromatic rings. The van der Waals surface area contributed by atoms with Crippen LogP contribution in [0.3, 0.4) is 0 Å². The van der Waals surface area contributed by atoms with Crippen molar-refractivity contribution in [3.8, 4) is 0 Å². The summed E-state index contributed by atoms with van der Waals surface area (Å²) in [6.07, 6.45) is -0.869. The number of nitrogens with zero attached hydrogens (tertiary/aromatic N) is 2. The summed E-state index contributed by atoms with van der Waals surface area (Å²) in [7, 11) is 0. The third-order valence-electron chi connectivity index (χ3n) is 2.80. The fraction of sp³-hybridized carbons (Fsp3) is 0.455. The molecule has 0 aliphatic heterocycles. The first kappa shape index (κ1) is 16.1. The molecule has 0 saturated carbocycles. The van der Waals surface area contributed by atoms with Gasteiger partial charge in [-0.05, 0) is 19.4 Å². The fourth-order valence-corrected chi connectivity index (χ4v) is 1.91. The van der Waals surface area contributed by atoms with Gasteiger partial charge in [0, 0.05) is 12.6 Å². The van der Waals surface area contributed by atoms with E-state index in [0.717, 1.165) is 0 Å². The lowest BCUT2D eigenvalue weighted by atomic mass is 10.1. The Morgan fingerprint density at radius 1 is 1.35 bits per heavy atom. The quantitative estimate of drug-likeness (QED) is 0.472. The Balaban J connectivity index is 3.32. The Kier molecular flexibility index (Phi) is 5.23. The van der Waals surface area contributed by atoms with Crippen LogP contribution in [0.1, 0.15) is 11.1 Å². The zero-order valence-electron chi connectivity index (χ0n) is 10.9. The first-order valence-electron chi connectivity index (χ1n) is 5.70. The number of nitro benzene ring substituents is 2. The number of nitrogens with one attached hydrogen (secondary N) is 1. The van der Waals surface area contributed by atoms with E-state index in [1.54, 1.807) is 0 Å². The van der Waals surface area contributed by atoms with Crippen molar-refractivity contribution in [3.63, 3.8) is 0 Å². The van der Waals surface area contributed by atoms with E-state index in [2.05, 4.69) is 5.32 Å². The van der Waals surface area contributed by atoms with E-state index in [-0.39, 0.29) is 35.1 Å². The smallest absolute Gasteiger partial charge is 0.302 e. The third kappa shape index (κ3) is 3.34. The second-order valence-corrected chi connectivity index (χ2v) is 4.57. The maximum Gasteiger partial charge on any atom is 0.302 e. The Morgan fingerprint density at radius 3 is 2.40 bits per heavy atom. The molecule has 0 aromatic heterocycles. The van der Waals surface area contributed by atoms with Gasteiger partial charge in [0.25, 0.3) is 5.69 Å². The molecule has 2 N–H and O–H groups in total. The molecule has 0 radical (unpaired) electrons. The average molecular weight is 304 g/mol. The highest BCUT2D eigenvalue weighted by molar-refractivity contribution is 6.18. The summed E-state index contributed by atoms with van der Waals surface area (Å²) in [5.74, 6) is -0.0220. The lowest BCUT2D eigenvalue weighted by molar-refractivity contribution is -0.394. The van der Waals surface area contributed by atoms with E-state index in [4.69, 9.17) is 11.6 Å². The lowest BCUT2D eigenvalue weighted by Crippen LogP contribution is -2.22. The summed E-state index contributed by atoms with van der Waals surface area (Å²) >= 11 is 5.45. The molecule has 0 aliphatic rings. The molecule has 1 aromatic carbocycles. The molecular formula is C11H14ClN3O5. The molecule has 0 bridgehead atoms. The van der Waals surface area contributed by atoms with Crippen molar-refractivity contribution in [1.82, 2.24) is 0 Å². The number of aryl methyl sites for hydroxylation is 1. The van der Waals surface area contributed by atoms with Crippen LogP contribution in [0.2, 0.25) is 0 Å². The number of hydrogen-bond donors (Lipinski definition) is 2. The van der Waals surface area contributed by atoms with E-state index in [9.17, 15) is 25.3 Å². The van der Waals surface area contributed by atoms with E-state index in [1.165, 1.54) is 19.9 Å². The van der Waals surface area contributed by atoms with Crippen LogP contribution in [0.25, 0.3) is 0 Å². The summed E-state index contributed by atoms with van der Waals surface area (Å²) in [6.45, 7) is 2.86. The second-order valence-electron chi connectivity index (χ2n) is 4.26. The van der Waals surface area contributed by atoms with Gasteiger partial charge in [0.05, 0.1) is 21.8 Å². The summed E-state index contributed by atoms with van der Waals surface area (Å²) < 4.78 is 0. The van der Waals surface area contributed by atoms with E-state index < -0.39 is 16.0 Å². The maximum atomic E-state index is 11.1. The predicted molar refractivity (Wildman–Crippen MR) is 74.4 cm³/mol. The van der Waals surface area contributed by atoms with Crippen LogP contribution in [-0.2, 0) is 0 Å². The standard InChI is InChI=1S/C11H14ClN3O5/c1-6-3-9(14(17)18)7(2)11(15(19)20)10(6)13-5-8(16)4-12/h3,8,13,16H,4-5H2,1-2H3. The molecule has 0 amide bonds. The SMILES string of the molecule is Cc1cc([N+](=O)[O-])c(C)c([N+](=O)[O-])c1NCC(O)CCl. The van der Waals surface area contributed by atoms with Crippen LogP contribution in [0.15, 0.2) is 6.07 Å². The van der Waals surface area contributed by atoms with Crippen LogP contribution in [0.5, 0.6) is 0 Å². The van der Waals surface area contributed by atoms with Gasteiger partial charge < -0.3 is 10.4 Å². The van der Waals surface area contributed by atoms with Crippen LogP contribution < -0.4 is 5.32 Å². The highest BCUT2D eigenvalue weighted by Gasteiger charge is 2.28. The predicted octanol–water partition coefficient (Wildman–Crippen LogP) is 2.13.